The number of fused-ring (bicyclic) bond motifs is 1. The van der Waals surface area contributed by atoms with Crippen LogP contribution in [0.3, 0.4) is 0 Å². The smallest absolute Gasteiger partial charge is 0.345 e. The summed E-state index contributed by atoms with van der Waals surface area (Å²) in [5, 5.41) is 1.30. The molecular weight excluding hydrogens is 428 g/mol. The van der Waals surface area contributed by atoms with Gasteiger partial charge in [0.25, 0.3) is 0 Å². The van der Waals surface area contributed by atoms with Gasteiger partial charge in [-0.25, -0.2) is 4.79 Å². The summed E-state index contributed by atoms with van der Waals surface area (Å²) in [7, 11) is -0.0744. The fraction of sp³-hybridized carbons (Fsp3) is 0.276. The zero-order valence-corrected chi connectivity index (χ0v) is 21.0. The molecule has 0 saturated heterocycles. The third-order valence-electron chi connectivity index (χ3n) is 5.94. The van der Waals surface area contributed by atoms with Gasteiger partial charge >= 0.3 is 5.97 Å². The van der Waals surface area contributed by atoms with Crippen molar-refractivity contribution in [1.82, 2.24) is 0 Å². The van der Waals surface area contributed by atoms with Crippen LogP contribution >= 0.6 is 10.5 Å². The number of hydrogen-bond acceptors (Lipinski definition) is 3. The number of thiophene rings is 1. The molecule has 3 aromatic carbocycles. The molecule has 0 spiro atoms. The molecule has 0 fully saturated rings. The monoisotopic (exact) mass is 459 g/mol. The summed E-state index contributed by atoms with van der Waals surface area (Å²) < 4.78 is 13.1. The van der Waals surface area contributed by atoms with Crippen molar-refractivity contribution in [3.05, 3.63) is 93.9 Å². The lowest BCUT2D eigenvalue weighted by molar-refractivity contribution is -0.159. The van der Waals surface area contributed by atoms with E-state index in [2.05, 4.69) is 49.4 Å². The van der Waals surface area contributed by atoms with Gasteiger partial charge in [0.2, 0.25) is 0 Å². The van der Waals surface area contributed by atoms with Crippen LogP contribution in [0.2, 0.25) is 0 Å². The first-order valence-electron chi connectivity index (χ1n) is 11.2. The molecule has 0 aliphatic carbocycles. The molecule has 0 amide bonds. The minimum absolute atomic E-state index is 0.0744. The maximum Gasteiger partial charge on any atom is 0.345 e. The predicted molar refractivity (Wildman–Crippen MR) is 138 cm³/mol. The molecule has 4 rings (SSSR count). The zero-order chi connectivity index (χ0) is 23.8. The SMILES string of the molecule is Cc1ccc(C(C)(C)OC(=O)COc2c(C)cc(-[s+]3c(C)cc4ccccc43)cc2C)cc1. The third kappa shape index (κ3) is 4.81. The van der Waals surface area contributed by atoms with Crippen molar-refractivity contribution in [3.8, 4) is 10.6 Å². The first-order valence-corrected chi connectivity index (χ1v) is 12.4. The molecule has 1 aromatic heterocycles. The van der Waals surface area contributed by atoms with Gasteiger partial charge in [-0.15, -0.1) is 0 Å². The predicted octanol–water partition coefficient (Wildman–Crippen LogP) is 7.67. The fourth-order valence-electron chi connectivity index (χ4n) is 4.26. The van der Waals surface area contributed by atoms with Gasteiger partial charge in [0.1, 0.15) is 11.4 Å². The number of ether oxygens (including phenoxy) is 2. The lowest BCUT2D eigenvalue weighted by atomic mass is 9.97. The molecule has 170 valence electrons. The Kier molecular flexibility index (Phi) is 6.31. The van der Waals surface area contributed by atoms with Crippen LogP contribution in [0, 0.1) is 27.7 Å². The molecule has 0 bridgehead atoms. The maximum atomic E-state index is 12.6. The van der Waals surface area contributed by atoms with Crippen molar-refractivity contribution in [1.29, 1.82) is 0 Å². The highest BCUT2D eigenvalue weighted by molar-refractivity contribution is 7.45. The van der Waals surface area contributed by atoms with Crippen molar-refractivity contribution in [3.63, 3.8) is 0 Å². The van der Waals surface area contributed by atoms with E-state index < -0.39 is 5.60 Å². The van der Waals surface area contributed by atoms with Crippen LogP contribution in [0.1, 0.15) is 41.0 Å². The highest BCUT2D eigenvalue weighted by atomic mass is 32.2. The van der Waals surface area contributed by atoms with Gasteiger partial charge in [-0.2, -0.15) is 0 Å². The van der Waals surface area contributed by atoms with E-state index in [9.17, 15) is 4.79 Å². The van der Waals surface area contributed by atoms with Crippen LogP contribution in [-0.4, -0.2) is 12.6 Å². The third-order valence-corrected chi connectivity index (χ3v) is 8.22. The quantitative estimate of drug-likeness (QED) is 0.219. The second-order valence-corrected chi connectivity index (χ2v) is 11.3. The van der Waals surface area contributed by atoms with Crippen molar-refractivity contribution in [2.75, 3.05) is 6.61 Å². The number of aryl methyl sites for hydroxylation is 4. The van der Waals surface area contributed by atoms with Crippen molar-refractivity contribution >= 4 is 26.5 Å². The molecule has 0 radical (unpaired) electrons. The number of rotatable bonds is 6. The molecule has 0 aliphatic heterocycles. The first-order chi connectivity index (χ1) is 15.7. The number of esters is 1. The van der Waals surface area contributed by atoms with Gasteiger partial charge in [0.15, 0.2) is 21.1 Å². The van der Waals surface area contributed by atoms with E-state index in [0.29, 0.717) is 0 Å². The summed E-state index contributed by atoms with van der Waals surface area (Å²) in [6, 6.07) is 23.3. The Morgan fingerprint density at radius 1 is 0.879 bits per heavy atom. The van der Waals surface area contributed by atoms with Gasteiger partial charge in [-0.05, 0) is 63.4 Å². The summed E-state index contributed by atoms with van der Waals surface area (Å²) in [6.07, 6.45) is 0. The Morgan fingerprint density at radius 2 is 1.52 bits per heavy atom. The molecule has 1 atom stereocenters. The van der Waals surface area contributed by atoms with Gasteiger partial charge in [0, 0.05) is 41.0 Å². The number of carbonyl (C=O) groups excluding carboxylic acids is 1. The number of hydrogen-bond donors (Lipinski definition) is 0. The lowest BCUT2D eigenvalue weighted by Crippen LogP contribution is -2.28. The molecule has 3 nitrogen and oxygen atoms in total. The number of carbonyl (C=O) groups is 1. The molecular formula is C29H31O3S+. The van der Waals surface area contributed by atoms with Crippen LogP contribution in [0.25, 0.3) is 15.0 Å². The van der Waals surface area contributed by atoms with E-state index in [4.69, 9.17) is 9.47 Å². The number of benzene rings is 3. The first kappa shape index (κ1) is 23.1. The molecule has 0 aliphatic rings. The molecule has 0 N–H and O–H groups in total. The standard InChI is InChI=1S/C29H31O3S/c1-19-11-13-24(14-12-19)29(5,6)32-27(30)18-31-28-20(2)15-25(16-21(28)3)33-22(4)17-23-9-7-8-10-26(23)33/h7-17H,18H2,1-6H3/q+1. The Labute approximate surface area is 199 Å². The summed E-state index contributed by atoms with van der Waals surface area (Å²) in [6.45, 7) is 12.0. The van der Waals surface area contributed by atoms with Gasteiger partial charge in [0.05, 0.1) is 0 Å². The van der Waals surface area contributed by atoms with Crippen molar-refractivity contribution < 1.29 is 14.3 Å². The van der Waals surface area contributed by atoms with E-state index in [1.807, 2.05) is 58.9 Å². The Bertz CT molecular complexity index is 1290. The summed E-state index contributed by atoms with van der Waals surface area (Å²) in [5.74, 6) is 0.371. The second-order valence-electron chi connectivity index (χ2n) is 9.12. The van der Waals surface area contributed by atoms with Gasteiger partial charge in [-0.3, -0.25) is 0 Å². The highest BCUT2D eigenvalue weighted by Crippen LogP contribution is 2.45. The molecule has 0 saturated carbocycles. The molecule has 33 heavy (non-hydrogen) atoms. The summed E-state index contributed by atoms with van der Waals surface area (Å²) in [5.41, 5.74) is 3.47. The average molecular weight is 460 g/mol. The summed E-state index contributed by atoms with van der Waals surface area (Å²) in [4.78, 5) is 15.2. The van der Waals surface area contributed by atoms with E-state index in [1.165, 1.54) is 25.4 Å². The molecule has 4 heteroatoms. The Morgan fingerprint density at radius 3 is 2.18 bits per heavy atom. The van der Waals surface area contributed by atoms with Crippen LogP contribution in [0.15, 0.2) is 66.7 Å². The molecule has 1 unspecified atom stereocenters. The fourth-order valence-corrected chi connectivity index (χ4v) is 6.65. The van der Waals surface area contributed by atoms with Crippen molar-refractivity contribution in [2.24, 2.45) is 0 Å². The largest absolute Gasteiger partial charge is 0.481 e. The van der Waals surface area contributed by atoms with Crippen LogP contribution < -0.4 is 4.74 Å². The molecule has 4 aromatic rings. The van der Waals surface area contributed by atoms with E-state index in [1.54, 1.807) is 0 Å². The second kappa shape index (κ2) is 9.03. The van der Waals surface area contributed by atoms with Crippen LogP contribution in [-0.2, 0) is 15.1 Å². The van der Waals surface area contributed by atoms with E-state index >= 15 is 0 Å². The Balaban J connectivity index is 1.50. The minimum atomic E-state index is -0.719. The van der Waals surface area contributed by atoms with Crippen LogP contribution in [0.4, 0.5) is 0 Å². The molecule has 1 heterocycles. The summed E-state index contributed by atoms with van der Waals surface area (Å²) >= 11 is 0. The lowest BCUT2D eigenvalue weighted by Gasteiger charge is -2.26. The van der Waals surface area contributed by atoms with Gasteiger partial charge in [-0.1, -0.05) is 42.0 Å². The maximum absolute atomic E-state index is 12.6. The highest BCUT2D eigenvalue weighted by Gasteiger charge is 2.26. The normalized spacial score (nSPS) is 12.1. The van der Waals surface area contributed by atoms with Gasteiger partial charge < -0.3 is 9.47 Å². The van der Waals surface area contributed by atoms with Crippen molar-refractivity contribution in [2.45, 2.75) is 47.1 Å². The average Bonchev–Trinajstić information content (AvgIpc) is 3.08. The van der Waals surface area contributed by atoms with Crippen LogP contribution in [0.5, 0.6) is 5.75 Å². The zero-order valence-electron chi connectivity index (χ0n) is 20.2. The van der Waals surface area contributed by atoms with E-state index in [-0.39, 0.29) is 23.0 Å². The topological polar surface area (TPSA) is 35.5 Å². The van der Waals surface area contributed by atoms with E-state index in [0.717, 1.165) is 22.4 Å². The minimum Gasteiger partial charge on any atom is -0.481 e. The Hall–Kier alpha value is -3.11.